The van der Waals surface area contributed by atoms with Gasteiger partial charge in [-0.05, 0) is 37.4 Å². The highest BCUT2D eigenvalue weighted by Gasteiger charge is 2.38. The van der Waals surface area contributed by atoms with Gasteiger partial charge in [-0.15, -0.1) is 0 Å². The van der Waals surface area contributed by atoms with Crippen molar-refractivity contribution in [3.63, 3.8) is 0 Å². The van der Waals surface area contributed by atoms with E-state index in [4.69, 9.17) is 4.43 Å². The minimum Gasteiger partial charge on any atom is -0.417 e. The van der Waals surface area contributed by atoms with E-state index in [1.165, 1.54) is 0 Å². The van der Waals surface area contributed by atoms with Crippen molar-refractivity contribution in [3.8, 4) is 0 Å². The summed E-state index contributed by atoms with van der Waals surface area (Å²) in [5.41, 5.74) is -1.72. The maximum Gasteiger partial charge on any atom is 0.417 e. The van der Waals surface area contributed by atoms with Gasteiger partial charge in [0.15, 0.2) is 8.32 Å². The van der Waals surface area contributed by atoms with Crippen LogP contribution in [0.1, 0.15) is 40.0 Å². The molecule has 0 unspecified atom stereocenters. The normalized spacial score (nSPS) is 13.5. The molecule has 0 saturated heterocycles. The number of unbranched alkanes of at least 4 members (excludes halogenated alkanes) is 1. The highest BCUT2D eigenvalue weighted by Crippen LogP contribution is 2.37. The lowest BCUT2D eigenvalue weighted by molar-refractivity contribution is -0.0978. The van der Waals surface area contributed by atoms with Crippen molar-refractivity contribution in [2.45, 2.75) is 64.3 Å². The van der Waals surface area contributed by atoms with E-state index in [-0.39, 0.29) is 11.5 Å². The SMILES string of the molecule is CC(C)(C)[Si](C)(C)OCCCCC(=C(F)F)C(F)(F)F. The Morgan fingerprint density at radius 1 is 1.00 bits per heavy atom. The van der Waals surface area contributed by atoms with Gasteiger partial charge in [0.2, 0.25) is 0 Å². The Hall–Kier alpha value is -0.433. The van der Waals surface area contributed by atoms with Crippen molar-refractivity contribution in [3.05, 3.63) is 11.7 Å². The van der Waals surface area contributed by atoms with E-state index in [2.05, 4.69) is 20.8 Å². The van der Waals surface area contributed by atoms with Crippen LogP contribution in [0.4, 0.5) is 22.0 Å². The molecule has 0 spiro atoms. The molecule has 0 aliphatic rings. The van der Waals surface area contributed by atoms with Gasteiger partial charge < -0.3 is 4.43 Å². The molecule has 0 aliphatic carbocycles. The molecular formula is C13H23F5OSi. The van der Waals surface area contributed by atoms with Crippen LogP contribution in [0, 0.1) is 0 Å². The quantitative estimate of drug-likeness (QED) is 0.337. The molecule has 0 atom stereocenters. The van der Waals surface area contributed by atoms with Crippen LogP contribution in [0.15, 0.2) is 11.7 Å². The minimum absolute atomic E-state index is 0.0229. The number of rotatable bonds is 6. The fourth-order valence-corrected chi connectivity index (χ4v) is 2.38. The van der Waals surface area contributed by atoms with E-state index < -0.39 is 32.6 Å². The van der Waals surface area contributed by atoms with Crippen molar-refractivity contribution in [1.82, 2.24) is 0 Å². The molecule has 0 heterocycles. The van der Waals surface area contributed by atoms with Crippen LogP contribution < -0.4 is 0 Å². The van der Waals surface area contributed by atoms with Gasteiger partial charge in [-0.3, -0.25) is 0 Å². The molecule has 0 N–H and O–H groups in total. The summed E-state index contributed by atoms with van der Waals surface area (Å²) >= 11 is 0. The molecule has 0 bridgehead atoms. The molecule has 7 heteroatoms. The number of allylic oxidation sites excluding steroid dienone is 1. The fraction of sp³-hybridized carbons (Fsp3) is 0.846. The summed E-state index contributed by atoms with van der Waals surface area (Å²) in [5.74, 6) is 0. The summed E-state index contributed by atoms with van der Waals surface area (Å²) in [6.45, 7) is 10.6. The molecule has 0 aromatic rings. The minimum atomic E-state index is -4.95. The second-order valence-electron chi connectivity index (χ2n) is 6.30. The fourth-order valence-electron chi connectivity index (χ4n) is 1.29. The highest BCUT2D eigenvalue weighted by molar-refractivity contribution is 6.74. The summed E-state index contributed by atoms with van der Waals surface area (Å²) in [7, 11) is -1.92. The zero-order valence-electron chi connectivity index (χ0n) is 12.6. The van der Waals surface area contributed by atoms with Crippen molar-refractivity contribution in [2.75, 3.05) is 6.61 Å². The van der Waals surface area contributed by atoms with E-state index in [9.17, 15) is 22.0 Å². The Morgan fingerprint density at radius 2 is 1.50 bits per heavy atom. The van der Waals surface area contributed by atoms with Gasteiger partial charge in [0.25, 0.3) is 6.08 Å². The lowest BCUT2D eigenvalue weighted by Crippen LogP contribution is -2.40. The monoisotopic (exact) mass is 318 g/mol. The van der Waals surface area contributed by atoms with Crippen molar-refractivity contribution in [1.29, 1.82) is 0 Å². The molecule has 0 aliphatic heterocycles. The van der Waals surface area contributed by atoms with E-state index in [1.54, 1.807) is 0 Å². The first-order valence-corrected chi connectivity index (χ1v) is 9.45. The van der Waals surface area contributed by atoms with Crippen molar-refractivity contribution < 1.29 is 26.4 Å². The van der Waals surface area contributed by atoms with Crippen molar-refractivity contribution in [2.24, 2.45) is 0 Å². The second kappa shape index (κ2) is 7.02. The first kappa shape index (κ1) is 19.6. The first-order valence-electron chi connectivity index (χ1n) is 6.54. The van der Waals surface area contributed by atoms with Gasteiger partial charge in [-0.25, -0.2) is 0 Å². The third kappa shape index (κ3) is 6.34. The molecule has 0 rings (SSSR count). The zero-order valence-corrected chi connectivity index (χ0v) is 13.6. The van der Waals surface area contributed by atoms with E-state index in [0.29, 0.717) is 13.0 Å². The number of alkyl halides is 3. The van der Waals surface area contributed by atoms with E-state index in [0.717, 1.165) is 0 Å². The Morgan fingerprint density at radius 3 is 1.85 bits per heavy atom. The highest BCUT2D eigenvalue weighted by atomic mass is 28.4. The standard InChI is InChI=1S/C13H23F5OSi/c1-12(2,3)20(4,5)19-9-7-6-8-10(11(14)15)13(16,17)18/h6-9H2,1-5H3. The molecule has 0 radical (unpaired) electrons. The maximum absolute atomic E-state index is 12.3. The predicted octanol–water partition coefficient (Wildman–Crippen LogP) is 5.89. The number of hydrogen-bond acceptors (Lipinski definition) is 1. The average Bonchev–Trinajstić information content (AvgIpc) is 2.18. The van der Waals surface area contributed by atoms with Crippen LogP contribution in [-0.2, 0) is 4.43 Å². The van der Waals surface area contributed by atoms with Crippen LogP contribution >= 0.6 is 0 Å². The molecule has 120 valence electrons. The van der Waals surface area contributed by atoms with Gasteiger partial charge in [0, 0.05) is 6.61 Å². The Kier molecular flexibility index (Phi) is 6.87. The molecule has 0 saturated carbocycles. The first-order chi connectivity index (χ1) is 8.79. The van der Waals surface area contributed by atoms with Crippen LogP contribution in [0.5, 0.6) is 0 Å². The largest absolute Gasteiger partial charge is 0.417 e. The zero-order chi connectivity index (χ0) is 16.2. The molecule has 0 amide bonds. The smallest absolute Gasteiger partial charge is 0.417 e. The summed E-state index contributed by atoms with van der Waals surface area (Å²) < 4.78 is 66.9. The molecule has 20 heavy (non-hydrogen) atoms. The third-order valence-electron chi connectivity index (χ3n) is 3.66. The van der Waals surface area contributed by atoms with Crippen LogP contribution in [0.25, 0.3) is 0 Å². The Balaban J connectivity index is 4.20. The number of hydrogen-bond donors (Lipinski definition) is 0. The molecular weight excluding hydrogens is 295 g/mol. The van der Waals surface area contributed by atoms with Crippen LogP contribution in [-0.4, -0.2) is 21.1 Å². The van der Waals surface area contributed by atoms with Crippen molar-refractivity contribution >= 4 is 8.32 Å². The average molecular weight is 318 g/mol. The Bertz CT molecular complexity index is 338. The molecule has 0 aromatic carbocycles. The molecule has 0 fully saturated rings. The van der Waals surface area contributed by atoms with Gasteiger partial charge in [-0.1, -0.05) is 20.8 Å². The summed E-state index contributed by atoms with van der Waals surface area (Å²) in [6.07, 6.45) is -7.85. The van der Waals surface area contributed by atoms with Crippen LogP contribution in [0.2, 0.25) is 18.1 Å². The lowest BCUT2D eigenvalue weighted by Gasteiger charge is -2.36. The van der Waals surface area contributed by atoms with Gasteiger partial charge >= 0.3 is 6.18 Å². The van der Waals surface area contributed by atoms with Crippen LogP contribution in [0.3, 0.4) is 0 Å². The lowest BCUT2D eigenvalue weighted by atomic mass is 10.1. The molecule has 1 nitrogen and oxygen atoms in total. The Labute approximate surface area is 118 Å². The summed E-state index contributed by atoms with van der Waals surface area (Å²) in [5, 5.41) is 0.0229. The molecule has 0 aromatic heterocycles. The van der Waals surface area contributed by atoms with E-state index in [1.807, 2.05) is 13.1 Å². The predicted molar refractivity (Wildman–Crippen MR) is 72.3 cm³/mol. The summed E-state index contributed by atoms with van der Waals surface area (Å²) in [6, 6.07) is 0. The van der Waals surface area contributed by atoms with Gasteiger partial charge in [0.1, 0.15) is 0 Å². The van der Waals surface area contributed by atoms with Gasteiger partial charge in [-0.2, -0.15) is 22.0 Å². The maximum atomic E-state index is 12.3. The van der Waals surface area contributed by atoms with Gasteiger partial charge in [0.05, 0.1) is 5.57 Å². The summed E-state index contributed by atoms with van der Waals surface area (Å²) in [4.78, 5) is 0. The third-order valence-corrected chi connectivity index (χ3v) is 8.20. The topological polar surface area (TPSA) is 9.23 Å². The van der Waals surface area contributed by atoms with E-state index >= 15 is 0 Å². The number of halogens is 5. The second-order valence-corrected chi connectivity index (χ2v) is 11.1.